The minimum Gasteiger partial charge on any atom is -0.414 e. The summed E-state index contributed by atoms with van der Waals surface area (Å²) < 4.78 is 14.2. The molecule has 0 radical (unpaired) electrons. The lowest BCUT2D eigenvalue weighted by atomic mass is 9.43. The molecule has 0 amide bonds. The number of aliphatic hydroxyl groups is 2. The molecule has 0 aromatic rings. The predicted octanol–water partition coefficient (Wildman–Crippen LogP) is 20.4. The Labute approximate surface area is 474 Å². The molecule has 0 aliphatic heterocycles. The van der Waals surface area contributed by atoms with E-state index in [1.165, 1.54) is 121 Å². The Bertz CT molecular complexity index is 2170. The lowest BCUT2D eigenvalue weighted by molar-refractivity contribution is -0.0896. The van der Waals surface area contributed by atoms with Gasteiger partial charge in [0.15, 0.2) is 16.6 Å². The highest BCUT2D eigenvalue weighted by Crippen LogP contribution is 2.75. The minimum absolute atomic E-state index is 0.209. The zero-order chi connectivity index (χ0) is 57.0. The standard InChI is InChI=1S/C35H64O3Si.C35H62OSi/c1-23(2)39(11,12)38-30-19-20-33(8)26-18-22-34(9)25(24(3)13-16-29(36)32(6,7)37)17-21-35(34,10)27(26)14-15-28(33)31(30,4)5;1-24(2)14-13-15-26(5)27-18-22-35(10)29-16-17-30-32(6,7)31(36-37(11,12)25(3)4)20-21-33(30,8)28(29)19-23-34(27,35)9/h23-25,28-30,36-37H,13-22H2,1-12H3;14,25-27,30-31H,13,15-23H2,1-12H3/t24?,25?,28-,29?,30-,33+,34+,35-;26?,27?,30-,31-,33+,34+,35-/m00/s1. The average molecular weight is 1090 g/mol. The van der Waals surface area contributed by atoms with Crippen LogP contribution in [0.4, 0.5) is 0 Å². The first-order valence-corrected chi connectivity index (χ1v) is 38.5. The van der Waals surface area contributed by atoms with Crippen molar-refractivity contribution in [1.29, 1.82) is 0 Å². The second kappa shape index (κ2) is 21.6. The lowest BCUT2D eigenvalue weighted by Crippen LogP contribution is -2.57. The Balaban J connectivity index is 0.000000221. The highest BCUT2D eigenvalue weighted by Gasteiger charge is 2.66. The fourth-order valence-corrected chi connectivity index (χ4v) is 23.3. The van der Waals surface area contributed by atoms with Crippen molar-refractivity contribution in [3.8, 4) is 0 Å². The van der Waals surface area contributed by atoms with Crippen LogP contribution in [-0.4, -0.2) is 50.8 Å². The van der Waals surface area contributed by atoms with Crippen molar-refractivity contribution in [3.05, 3.63) is 33.9 Å². The monoisotopic (exact) mass is 1090 g/mol. The van der Waals surface area contributed by atoms with E-state index in [2.05, 4.69) is 157 Å². The fraction of sp³-hybridized carbons (Fsp3) is 0.914. The number of hydrogen-bond donors (Lipinski definition) is 2. The normalized spacial score (nSPS) is 40.2. The Kier molecular flexibility index (Phi) is 17.9. The molecule has 4 nitrogen and oxygen atoms in total. The molecule has 438 valence electrons. The molecule has 0 saturated heterocycles. The summed E-state index contributed by atoms with van der Waals surface area (Å²) in [6.45, 7) is 58.4. The van der Waals surface area contributed by atoms with Gasteiger partial charge in [0, 0.05) is 0 Å². The van der Waals surface area contributed by atoms with Crippen molar-refractivity contribution in [2.75, 3.05) is 0 Å². The van der Waals surface area contributed by atoms with Gasteiger partial charge in [-0.1, -0.05) is 145 Å². The van der Waals surface area contributed by atoms with Gasteiger partial charge in [-0.25, -0.2) is 0 Å². The van der Waals surface area contributed by atoms with E-state index in [9.17, 15) is 10.2 Å². The molecule has 4 fully saturated rings. The predicted molar refractivity (Wildman–Crippen MR) is 332 cm³/mol. The Morgan fingerprint density at radius 3 is 1.28 bits per heavy atom. The van der Waals surface area contributed by atoms with Gasteiger partial charge in [0.1, 0.15) is 0 Å². The van der Waals surface area contributed by atoms with E-state index < -0.39 is 28.3 Å². The maximum absolute atomic E-state index is 10.5. The molecular formula is C70H126O4Si2. The zero-order valence-corrected chi connectivity index (χ0v) is 56.8. The van der Waals surface area contributed by atoms with Crippen LogP contribution in [0.1, 0.15) is 267 Å². The SMILES string of the molecule is CC(C)=CCCC(C)C1CC[C@@]2(C)C3=C(CC[C@]12C)[C@@]1(C)CC[C@H](O[Si](C)(C)C(C)C)C(C)(C)[C@@H]1CC3.CC(CCC(O)C(C)(C)O)C1CC[C@@]2(C)C3=C(CC[C@]12C)[C@@]1(C)CC[C@H](O[Si](C)(C)C(C)C)C(C)(C)[C@@H]1CC3. The molecule has 76 heavy (non-hydrogen) atoms. The first-order valence-electron chi connectivity index (χ1n) is 32.6. The summed E-state index contributed by atoms with van der Waals surface area (Å²) >= 11 is 0. The molecule has 8 rings (SSSR count). The third-order valence-corrected chi connectivity index (χ3v) is 34.8. The maximum Gasteiger partial charge on any atom is 0.189 e. The number of hydrogen-bond acceptors (Lipinski definition) is 4. The molecule has 8 aliphatic carbocycles. The van der Waals surface area contributed by atoms with Crippen molar-refractivity contribution < 1.29 is 19.1 Å². The molecule has 0 aromatic carbocycles. The molecule has 5 unspecified atom stereocenters. The van der Waals surface area contributed by atoms with Crippen molar-refractivity contribution in [2.45, 2.75) is 328 Å². The van der Waals surface area contributed by atoms with Crippen molar-refractivity contribution in [2.24, 2.45) is 78.8 Å². The summed E-state index contributed by atoms with van der Waals surface area (Å²) in [5.41, 5.74) is 12.0. The van der Waals surface area contributed by atoms with E-state index >= 15 is 0 Å². The molecule has 2 N–H and O–H groups in total. The Morgan fingerprint density at radius 1 is 0.539 bits per heavy atom. The van der Waals surface area contributed by atoms with Gasteiger partial charge in [-0.15, -0.1) is 0 Å². The average Bonchev–Trinajstić information content (AvgIpc) is 3.75. The van der Waals surface area contributed by atoms with Gasteiger partial charge in [0.25, 0.3) is 0 Å². The third-order valence-electron chi connectivity index (χ3n) is 27.4. The van der Waals surface area contributed by atoms with E-state index in [4.69, 9.17) is 8.85 Å². The summed E-state index contributed by atoms with van der Waals surface area (Å²) in [6.07, 6.45) is 28.2. The second-order valence-electron chi connectivity index (χ2n) is 33.7. The first-order chi connectivity index (χ1) is 34.7. The Morgan fingerprint density at radius 2 is 0.921 bits per heavy atom. The van der Waals surface area contributed by atoms with Gasteiger partial charge in [0.05, 0.1) is 23.9 Å². The molecular weight excluding hydrogens is 961 g/mol. The summed E-state index contributed by atoms with van der Waals surface area (Å²) in [5.74, 6) is 4.43. The van der Waals surface area contributed by atoms with Crippen LogP contribution in [0.15, 0.2) is 33.9 Å². The van der Waals surface area contributed by atoms with Crippen molar-refractivity contribution in [1.82, 2.24) is 0 Å². The van der Waals surface area contributed by atoms with Crippen LogP contribution < -0.4 is 0 Å². The topological polar surface area (TPSA) is 58.9 Å². The molecule has 0 aromatic heterocycles. The summed E-state index contributed by atoms with van der Waals surface area (Å²) in [5, 5.41) is 20.8. The summed E-state index contributed by atoms with van der Waals surface area (Å²) in [6, 6.07) is 0. The molecule has 15 atom stereocenters. The van der Waals surface area contributed by atoms with Crippen LogP contribution in [0.3, 0.4) is 0 Å². The molecule has 0 spiro atoms. The van der Waals surface area contributed by atoms with Crippen molar-refractivity contribution >= 4 is 16.6 Å². The van der Waals surface area contributed by atoms with Crippen LogP contribution in [0.2, 0.25) is 37.3 Å². The second-order valence-corrected chi connectivity index (χ2v) is 42.9. The van der Waals surface area contributed by atoms with Gasteiger partial charge in [-0.2, -0.15) is 0 Å². The van der Waals surface area contributed by atoms with Crippen LogP contribution in [0.25, 0.3) is 0 Å². The molecule has 6 heteroatoms. The van der Waals surface area contributed by atoms with Crippen LogP contribution in [0, 0.1) is 78.8 Å². The highest BCUT2D eigenvalue weighted by molar-refractivity contribution is 6.72. The number of rotatable bonds is 15. The molecule has 0 heterocycles. The zero-order valence-electron chi connectivity index (χ0n) is 54.8. The summed E-state index contributed by atoms with van der Waals surface area (Å²) in [7, 11) is -3.36. The quantitative estimate of drug-likeness (QED) is 0.127. The van der Waals surface area contributed by atoms with E-state index in [0.29, 0.717) is 80.0 Å². The van der Waals surface area contributed by atoms with Crippen LogP contribution in [0.5, 0.6) is 0 Å². The van der Waals surface area contributed by atoms with Gasteiger partial charge < -0.3 is 19.1 Å². The first kappa shape index (κ1) is 63.1. The number of allylic oxidation sites excluding steroid dienone is 6. The molecule has 0 bridgehead atoms. The van der Waals surface area contributed by atoms with Gasteiger partial charge in [0.2, 0.25) is 0 Å². The van der Waals surface area contributed by atoms with Gasteiger partial charge >= 0.3 is 0 Å². The lowest BCUT2D eigenvalue weighted by Gasteiger charge is -2.63. The van der Waals surface area contributed by atoms with Crippen LogP contribution >= 0.6 is 0 Å². The van der Waals surface area contributed by atoms with Crippen molar-refractivity contribution in [3.63, 3.8) is 0 Å². The van der Waals surface area contributed by atoms with Crippen LogP contribution in [-0.2, 0) is 8.85 Å². The summed E-state index contributed by atoms with van der Waals surface area (Å²) in [4.78, 5) is 0. The van der Waals surface area contributed by atoms with Gasteiger partial charge in [-0.05, 0) is 272 Å². The molecule has 8 aliphatic rings. The van der Waals surface area contributed by atoms with E-state index in [0.717, 1.165) is 24.2 Å². The van der Waals surface area contributed by atoms with Gasteiger partial charge in [-0.3, -0.25) is 0 Å². The Hall–Kier alpha value is -0.506. The van der Waals surface area contributed by atoms with E-state index in [-0.39, 0.29) is 10.8 Å². The third kappa shape index (κ3) is 10.6. The smallest absolute Gasteiger partial charge is 0.189 e. The van der Waals surface area contributed by atoms with E-state index in [1.807, 2.05) is 22.3 Å². The number of aliphatic hydroxyl groups excluding tert-OH is 1. The fourth-order valence-electron chi connectivity index (χ4n) is 20.5. The largest absolute Gasteiger partial charge is 0.414 e. The minimum atomic E-state index is -1.70. The maximum atomic E-state index is 10.5. The number of fused-ring (bicyclic) bond motifs is 8. The highest BCUT2D eigenvalue weighted by atomic mass is 28.4. The molecule has 4 saturated carbocycles. The van der Waals surface area contributed by atoms with E-state index in [1.54, 1.807) is 13.8 Å².